The number of aromatic hydroxyl groups is 5. The van der Waals surface area contributed by atoms with Gasteiger partial charge in [0.15, 0.2) is 17.3 Å². The van der Waals surface area contributed by atoms with Gasteiger partial charge < -0.3 is 34.7 Å². The van der Waals surface area contributed by atoms with Crippen molar-refractivity contribution >= 4 is 28.3 Å². The molecule has 0 radical (unpaired) electrons. The number of methoxy groups -OCH3 is 1. The number of carbonyl (C=O) groups excluding carboxylic acids is 1. The number of rotatable bonds is 5. The lowest BCUT2D eigenvalue weighted by Crippen LogP contribution is -2.12. The first kappa shape index (κ1) is 22.0. The molecular formula is C23H18O9S. The average Bonchev–Trinajstić information content (AvgIpc) is 3.31. The lowest BCUT2D eigenvalue weighted by atomic mass is 9.88. The van der Waals surface area contributed by atoms with Crippen molar-refractivity contribution in [3.05, 3.63) is 62.4 Å². The number of phenolic OH excluding ortho intramolecular Hbond substituents is 4. The predicted molar refractivity (Wildman–Crippen MR) is 119 cm³/mol. The number of hydrogen-bond donors (Lipinski definition) is 5. The Bertz CT molecular complexity index is 1420. The summed E-state index contributed by atoms with van der Waals surface area (Å²) in [5.41, 5.74) is -0.520. The molecule has 0 amide bonds. The molecule has 33 heavy (non-hydrogen) atoms. The van der Waals surface area contributed by atoms with E-state index in [1.807, 2.05) is 0 Å². The summed E-state index contributed by atoms with van der Waals surface area (Å²) in [6, 6.07) is 6.18. The number of ether oxygens (including phenoxy) is 1. The lowest BCUT2D eigenvalue weighted by Gasteiger charge is -2.19. The van der Waals surface area contributed by atoms with Crippen LogP contribution in [0.25, 0.3) is 22.3 Å². The summed E-state index contributed by atoms with van der Waals surface area (Å²) in [4.78, 5) is 25.1. The van der Waals surface area contributed by atoms with E-state index in [0.29, 0.717) is 5.56 Å². The molecule has 1 atom stereocenters. The first-order chi connectivity index (χ1) is 15.7. The SMILES string of the molecule is COC(=O)CC(c1ccsc1)c1c(O)cc(O)c2c(=O)c(O)c(-c3ccc(O)c(O)c3)oc12. The van der Waals surface area contributed by atoms with E-state index in [-0.39, 0.29) is 28.9 Å². The van der Waals surface area contributed by atoms with Crippen molar-refractivity contribution in [3.63, 3.8) is 0 Å². The number of carbonyl (C=O) groups is 1. The van der Waals surface area contributed by atoms with Crippen LogP contribution in [-0.2, 0) is 9.53 Å². The Labute approximate surface area is 190 Å². The molecule has 0 saturated heterocycles. The van der Waals surface area contributed by atoms with Gasteiger partial charge in [-0.3, -0.25) is 9.59 Å². The van der Waals surface area contributed by atoms with Gasteiger partial charge in [0, 0.05) is 23.1 Å². The van der Waals surface area contributed by atoms with Crippen LogP contribution in [-0.4, -0.2) is 38.6 Å². The average molecular weight is 470 g/mol. The number of hydrogen-bond acceptors (Lipinski definition) is 10. The van der Waals surface area contributed by atoms with Gasteiger partial charge in [-0.15, -0.1) is 0 Å². The second-order valence-electron chi connectivity index (χ2n) is 7.23. The first-order valence-corrected chi connectivity index (χ1v) is 10.5. The smallest absolute Gasteiger partial charge is 0.306 e. The first-order valence-electron chi connectivity index (χ1n) is 9.58. The minimum atomic E-state index is -0.986. The highest BCUT2D eigenvalue weighted by Crippen LogP contribution is 2.45. The van der Waals surface area contributed by atoms with Gasteiger partial charge in [-0.1, -0.05) is 0 Å². The maximum atomic E-state index is 13.0. The molecule has 9 nitrogen and oxygen atoms in total. The minimum Gasteiger partial charge on any atom is -0.507 e. The molecule has 0 spiro atoms. The minimum absolute atomic E-state index is 0.0351. The van der Waals surface area contributed by atoms with Crippen molar-refractivity contribution in [1.82, 2.24) is 0 Å². The molecule has 0 aliphatic carbocycles. The van der Waals surface area contributed by atoms with E-state index in [4.69, 9.17) is 9.15 Å². The Kier molecular flexibility index (Phi) is 5.60. The van der Waals surface area contributed by atoms with Crippen molar-refractivity contribution in [2.24, 2.45) is 0 Å². The molecule has 10 heteroatoms. The summed E-state index contributed by atoms with van der Waals surface area (Å²) in [5, 5.41) is 54.2. The summed E-state index contributed by atoms with van der Waals surface area (Å²) < 4.78 is 10.6. The van der Waals surface area contributed by atoms with Crippen LogP contribution >= 0.6 is 11.3 Å². The fourth-order valence-corrected chi connectivity index (χ4v) is 4.37. The zero-order valence-corrected chi connectivity index (χ0v) is 17.9. The van der Waals surface area contributed by atoms with Gasteiger partial charge in [0.05, 0.1) is 13.5 Å². The molecule has 2 aromatic heterocycles. The van der Waals surface area contributed by atoms with Crippen molar-refractivity contribution < 1.29 is 39.5 Å². The van der Waals surface area contributed by atoms with Crippen LogP contribution in [0.3, 0.4) is 0 Å². The molecular weight excluding hydrogens is 452 g/mol. The van der Waals surface area contributed by atoms with Gasteiger partial charge in [0.25, 0.3) is 0 Å². The van der Waals surface area contributed by atoms with Crippen LogP contribution < -0.4 is 5.43 Å². The van der Waals surface area contributed by atoms with Crippen molar-refractivity contribution in [3.8, 4) is 40.1 Å². The number of benzene rings is 2. The van der Waals surface area contributed by atoms with Gasteiger partial charge in [-0.05, 0) is 40.6 Å². The van der Waals surface area contributed by atoms with Crippen LogP contribution in [0.4, 0.5) is 0 Å². The second kappa shape index (κ2) is 8.40. The summed E-state index contributed by atoms with van der Waals surface area (Å²) in [6.45, 7) is 0. The molecule has 4 rings (SSSR count). The van der Waals surface area contributed by atoms with E-state index in [0.717, 1.165) is 18.2 Å². The van der Waals surface area contributed by atoms with E-state index >= 15 is 0 Å². The molecule has 0 aliphatic heterocycles. The topological polar surface area (TPSA) is 158 Å². The van der Waals surface area contributed by atoms with Crippen molar-refractivity contribution in [2.45, 2.75) is 12.3 Å². The fourth-order valence-electron chi connectivity index (χ4n) is 3.65. The summed E-state index contributed by atoms with van der Waals surface area (Å²) in [5.74, 6) is -4.61. The molecule has 0 saturated carbocycles. The van der Waals surface area contributed by atoms with E-state index in [1.54, 1.807) is 16.8 Å². The normalized spacial score (nSPS) is 12.0. The molecule has 5 N–H and O–H groups in total. The molecule has 170 valence electrons. The highest BCUT2D eigenvalue weighted by molar-refractivity contribution is 7.08. The molecule has 0 aliphatic rings. The Hall–Kier alpha value is -4.18. The third-order valence-electron chi connectivity index (χ3n) is 5.27. The Balaban J connectivity index is 2.08. The fraction of sp³-hybridized carbons (Fsp3) is 0.130. The monoisotopic (exact) mass is 470 g/mol. The van der Waals surface area contributed by atoms with Gasteiger partial charge in [0.2, 0.25) is 11.2 Å². The molecule has 2 heterocycles. The quantitative estimate of drug-likeness (QED) is 0.216. The predicted octanol–water partition coefficient (Wildman–Crippen LogP) is 3.74. The van der Waals surface area contributed by atoms with E-state index in [2.05, 4.69) is 0 Å². The Morgan fingerprint density at radius 3 is 2.42 bits per heavy atom. The maximum absolute atomic E-state index is 13.0. The molecule has 0 fully saturated rings. The summed E-state index contributed by atoms with van der Waals surface area (Å²) in [7, 11) is 1.22. The van der Waals surface area contributed by atoms with Crippen LogP contribution in [0.2, 0.25) is 0 Å². The Morgan fingerprint density at radius 2 is 1.79 bits per heavy atom. The van der Waals surface area contributed by atoms with Gasteiger partial charge >= 0.3 is 5.97 Å². The maximum Gasteiger partial charge on any atom is 0.306 e. The highest BCUT2D eigenvalue weighted by atomic mass is 32.1. The lowest BCUT2D eigenvalue weighted by molar-refractivity contribution is -0.140. The second-order valence-corrected chi connectivity index (χ2v) is 8.01. The van der Waals surface area contributed by atoms with Gasteiger partial charge in [0.1, 0.15) is 22.5 Å². The largest absolute Gasteiger partial charge is 0.507 e. The zero-order valence-electron chi connectivity index (χ0n) is 17.1. The summed E-state index contributed by atoms with van der Waals surface area (Å²) in [6.07, 6.45) is -0.208. The zero-order chi connectivity index (χ0) is 23.9. The van der Waals surface area contributed by atoms with Crippen LogP contribution in [0, 0.1) is 0 Å². The Morgan fingerprint density at radius 1 is 1.03 bits per heavy atom. The number of phenols is 4. The third-order valence-corrected chi connectivity index (χ3v) is 5.97. The van der Waals surface area contributed by atoms with Gasteiger partial charge in [-0.2, -0.15) is 11.3 Å². The molecule has 1 unspecified atom stereocenters. The van der Waals surface area contributed by atoms with E-state index in [9.17, 15) is 35.1 Å². The highest BCUT2D eigenvalue weighted by Gasteiger charge is 2.30. The van der Waals surface area contributed by atoms with Crippen molar-refractivity contribution in [1.29, 1.82) is 0 Å². The molecule has 0 bridgehead atoms. The number of esters is 1. The number of fused-ring (bicyclic) bond motifs is 1. The van der Waals surface area contributed by atoms with Crippen LogP contribution in [0.5, 0.6) is 28.7 Å². The van der Waals surface area contributed by atoms with Crippen LogP contribution in [0.15, 0.2) is 50.3 Å². The van der Waals surface area contributed by atoms with Crippen LogP contribution in [0.1, 0.15) is 23.5 Å². The number of thiophene rings is 1. The van der Waals surface area contributed by atoms with E-state index < -0.39 is 51.4 Å². The van der Waals surface area contributed by atoms with Gasteiger partial charge in [-0.25, -0.2) is 0 Å². The van der Waals surface area contributed by atoms with E-state index in [1.165, 1.54) is 24.5 Å². The molecule has 4 aromatic rings. The van der Waals surface area contributed by atoms with Crippen molar-refractivity contribution in [2.75, 3.05) is 7.11 Å². The standard InChI is InChI=1S/C23H18O9S/c1-31-17(28)7-12(11-4-5-33-9-11)18-15(26)8-16(27)19-20(29)21(30)22(32-23(18)19)10-2-3-13(24)14(25)6-10/h2-6,8-9,12,24-27,30H,7H2,1H3. The summed E-state index contributed by atoms with van der Waals surface area (Å²) >= 11 is 1.35. The third kappa shape index (κ3) is 3.80. The molecule has 2 aromatic carbocycles.